The molecule has 5 aromatic rings. The predicted molar refractivity (Wildman–Crippen MR) is 138 cm³/mol. The maximum atomic E-state index is 12.4. The summed E-state index contributed by atoms with van der Waals surface area (Å²) in [7, 11) is 1.58. The zero-order valence-electron chi connectivity index (χ0n) is 19.4. The van der Waals surface area contributed by atoms with Crippen molar-refractivity contribution in [3.8, 4) is 39.8 Å². The Hall–Kier alpha value is -4.16. The zero-order valence-corrected chi connectivity index (χ0v) is 20.2. The molecule has 0 aliphatic carbocycles. The normalized spacial score (nSPS) is 11.0. The van der Waals surface area contributed by atoms with Gasteiger partial charge in [0.05, 0.1) is 24.0 Å². The van der Waals surface area contributed by atoms with Crippen LogP contribution in [0.2, 0.25) is 5.02 Å². The van der Waals surface area contributed by atoms with E-state index in [1.807, 2.05) is 61.5 Å². The smallest absolute Gasteiger partial charge is 0.244 e. The van der Waals surface area contributed by atoms with Crippen molar-refractivity contribution in [1.29, 1.82) is 0 Å². The second-order valence-corrected chi connectivity index (χ2v) is 8.59. The van der Waals surface area contributed by atoms with Crippen LogP contribution in [0, 0.1) is 6.92 Å². The summed E-state index contributed by atoms with van der Waals surface area (Å²) in [6, 6.07) is 22.7. The number of pyridine rings is 1. The van der Waals surface area contributed by atoms with E-state index in [1.54, 1.807) is 31.5 Å². The van der Waals surface area contributed by atoms with Gasteiger partial charge in [0.1, 0.15) is 5.75 Å². The van der Waals surface area contributed by atoms with Crippen LogP contribution in [0.5, 0.6) is 17.2 Å². The minimum atomic E-state index is -0.181. The third kappa shape index (κ3) is 4.48. The van der Waals surface area contributed by atoms with Gasteiger partial charge in [0.15, 0.2) is 11.5 Å². The molecule has 0 N–H and O–H groups in total. The molecule has 0 saturated carbocycles. The molecule has 0 fully saturated rings. The number of fused-ring (bicyclic) bond motifs is 1. The molecule has 35 heavy (non-hydrogen) atoms. The van der Waals surface area contributed by atoms with Crippen molar-refractivity contribution in [1.82, 2.24) is 14.8 Å². The lowest BCUT2D eigenvalue weighted by molar-refractivity contribution is 0.0923. The summed E-state index contributed by atoms with van der Waals surface area (Å²) in [6.07, 6.45) is 1.67. The molecule has 0 spiro atoms. The van der Waals surface area contributed by atoms with Crippen LogP contribution in [-0.4, -0.2) is 27.8 Å². The van der Waals surface area contributed by atoms with Gasteiger partial charge >= 0.3 is 0 Å². The number of hydrogen-bond acceptors (Lipinski definition) is 5. The molecule has 0 radical (unpaired) electrons. The number of hydrogen-bond donors (Lipinski definition) is 0. The molecule has 2 aromatic heterocycles. The molecule has 3 aromatic carbocycles. The van der Waals surface area contributed by atoms with Crippen LogP contribution in [0.1, 0.15) is 17.3 Å². The quantitative estimate of drug-likeness (QED) is 0.264. The number of aryl methyl sites for hydroxylation is 1. The van der Waals surface area contributed by atoms with Gasteiger partial charge < -0.3 is 9.47 Å². The van der Waals surface area contributed by atoms with E-state index in [0.29, 0.717) is 28.0 Å². The Labute approximate surface area is 207 Å². The number of rotatable bonds is 5. The highest BCUT2D eigenvalue weighted by molar-refractivity contribution is 6.31. The first-order chi connectivity index (χ1) is 16.9. The summed E-state index contributed by atoms with van der Waals surface area (Å²) in [5, 5.41) is 5.99. The molecule has 0 unspecified atom stereocenters. The average Bonchev–Trinajstić information content (AvgIpc) is 3.30. The van der Waals surface area contributed by atoms with E-state index in [9.17, 15) is 4.79 Å². The van der Waals surface area contributed by atoms with E-state index in [0.717, 1.165) is 33.3 Å². The lowest BCUT2D eigenvalue weighted by Crippen LogP contribution is -2.09. The monoisotopic (exact) mass is 483 g/mol. The lowest BCUT2D eigenvalue weighted by atomic mass is 10.1. The number of carbonyl (C=O) groups excluding carboxylic acids is 1. The first-order valence-corrected chi connectivity index (χ1v) is 11.4. The highest BCUT2D eigenvalue weighted by Crippen LogP contribution is 2.38. The lowest BCUT2D eigenvalue weighted by Gasteiger charge is -2.13. The van der Waals surface area contributed by atoms with Crippen molar-refractivity contribution in [2.75, 3.05) is 7.11 Å². The summed E-state index contributed by atoms with van der Waals surface area (Å²) in [4.78, 5) is 16.7. The van der Waals surface area contributed by atoms with Crippen LogP contribution in [0.15, 0.2) is 79.0 Å². The summed E-state index contributed by atoms with van der Waals surface area (Å²) in [5.41, 5.74) is 5.00. The minimum absolute atomic E-state index is 0.181. The number of methoxy groups -OCH3 is 1. The maximum absolute atomic E-state index is 12.4. The van der Waals surface area contributed by atoms with Gasteiger partial charge in [0, 0.05) is 34.7 Å². The molecule has 0 amide bonds. The van der Waals surface area contributed by atoms with Crippen molar-refractivity contribution in [2.24, 2.45) is 0 Å². The first-order valence-electron chi connectivity index (χ1n) is 11.0. The number of ether oxygens (including phenoxy) is 2. The molecule has 5 rings (SSSR count). The van der Waals surface area contributed by atoms with Gasteiger partial charge in [-0.1, -0.05) is 41.4 Å². The third-order valence-corrected chi connectivity index (χ3v) is 5.93. The second-order valence-electron chi connectivity index (χ2n) is 8.15. The van der Waals surface area contributed by atoms with E-state index < -0.39 is 0 Å². The number of nitrogens with zero attached hydrogens (tertiary/aromatic N) is 3. The van der Waals surface area contributed by atoms with Gasteiger partial charge in [0.25, 0.3) is 0 Å². The number of halogens is 1. The standard InChI is InChI=1S/C28H22ClN3O3/c1-17-4-6-19(7-5-17)23-16-25(32(31-23)18(2)33)20-8-11-27(28(14-20)34-3)35-26-12-13-30-24-15-21(29)9-10-22(24)26/h4-16H,1-3H3. The Kier molecular flexibility index (Phi) is 5.97. The summed E-state index contributed by atoms with van der Waals surface area (Å²) >= 11 is 6.11. The van der Waals surface area contributed by atoms with Crippen molar-refractivity contribution >= 4 is 28.4 Å². The fraction of sp³-hybridized carbons (Fsp3) is 0.107. The second kappa shape index (κ2) is 9.24. The molecular formula is C28H22ClN3O3. The summed E-state index contributed by atoms with van der Waals surface area (Å²) < 4.78 is 13.3. The van der Waals surface area contributed by atoms with E-state index in [2.05, 4.69) is 10.1 Å². The SMILES string of the molecule is COc1cc(-c2cc(-c3ccc(C)cc3)nn2C(C)=O)ccc1Oc1ccnc2cc(Cl)ccc12. The zero-order chi connectivity index (χ0) is 24.5. The van der Waals surface area contributed by atoms with Crippen molar-refractivity contribution in [3.05, 3.63) is 89.6 Å². The van der Waals surface area contributed by atoms with Crippen LogP contribution in [-0.2, 0) is 0 Å². The number of carbonyl (C=O) groups is 1. The van der Waals surface area contributed by atoms with Crippen LogP contribution < -0.4 is 9.47 Å². The molecular weight excluding hydrogens is 462 g/mol. The third-order valence-electron chi connectivity index (χ3n) is 5.70. The Balaban J connectivity index is 1.54. The Bertz CT molecular complexity index is 1560. The highest BCUT2D eigenvalue weighted by Gasteiger charge is 2.17. The molecule has 0 bridgehead atoms. The highest BCUT2D eigenvalue weighted by atomic mass is 35.5. The van der Waals surface area contributed by atoms with Gasteiger partial charge in [-0.05, 0) is 55.5 Å². The topological polar surface area (TPSA) is 66.2 Å². The predicted octanol–water partition coefficient (Wildman–Crippen LogP) is 7.19. The van der Waals surface area contributed by atoms with Gasteiger partial charge in [-0.15, -0.1) is 0 Å². The van der Waals surface area contributed by atoms with Crippen molar-refractivity contribution in [2.45, 2.75) is 13.8 Å². The van der Waals surface area contributed by atoms with Crippen molar-refractivity contribution in [3.63, 3.8) is 0 Å². The van der Waals surface area contributed by atoms with Crippen molar-refractivity contribution < 1.29 is 14.3 Å². The maximum Gasteiger partial charge on any atom is 0.244 e. The van der Waals surface area contributed by atoms with E-state index in [-0.39, 0.29) is 5.91 Å². The molecule has 0 saturated heterocycles. The van der Waals surface area contributed by atoms with Gasteiger partial charge in [0.2, 0.25) is 5.91 Å². The van der Waals surface area contributed by atoms with Crippen LogP contribution >= 0.6 is 11.6 Å². The van der Waals surface area contributed by atoms with Gasteiger partial charge in [-0.25, -0.2) is 0 Å². The Morgan fingerprint density at radius 1 is 0.886 bits per heavy atom. The average molecular weight is 484 g/mol. The van der Waals surface area contributed by atoms with Crippen LogP contribution in [0.25, 0.3) is 33.4 Å². The van der Waals surface area contributed by atoms with E-state index in [4.69, 9.17) is 21.1 Å². The van der Waals surface area contributed by atoms with E-state index >= 15 is 0 Å². The molecule has 6 nitrogen and oxygen atoms in total. The molecule has 0 aliphatic rings. The molecule has 0 atom stereocenters. The summed E-state index contributed by atoms with van der Waals surface area (Å²) in [5.74, 6) is 1.51. The Morgan fingerprint density at radius 3 is 2.40 bits per heavy atom. The molecule has 2 heterocycles. The van der Waals surface area contributed by atoms with Gasteiger partial charge in [-0.2, -0.15) is 9.78 Å². The largest absolute Gasteiger partial charge is 0.493 e. The molecule has 174 valence electrons. The fourth-order valence-electron chi connectivity index (χ4n) is 3.91. The molecule has 7 heteroatoms. The van der Waals surface area contributed by atoms with Crippen LogP contribution in [0.4, 0.5) is 0 Å². The first kappa shape index (κ1) is 22.6. The molecule has 0 aliphatic heterocycles. The Morgan fingerprint density at radius 2 is 1.66 bits per heavy atom. The fourth-order valence-corrected chi connectivity index (χ4v) is 4.07. The van der Waals surface area contributed by atoms with Crippen LogP contribution in [0.3, 0.4) is 0 Å². The summed E-state index contributed by atoms with van der Waals surface area (Å²) in [6.45, 7) is 3.52. The minimum Gasteiger partial charge on any atom is -0.493 e. The van der Waals surface area contributed by atoms with E-state index in [1.165, 1.54) is 11.6 Å². The van der Waals surface area contributed by atoms with Gasteiger partial charge in [-0.3, -0.25) is 9.78 Å². The number of benzene rings is 3. The number of aromatic nitrogens is 3.